The fourth-order valence-corrected chi connectivity index (χ4v) is 1.36. The molecule has 82 valence electrons. The van der Waals surface area contributed by atoms with Gasteiger partial charge < -0.3 is 4.74 Å². The molecule has 0 aromatic rings. The van der Waals surface area contributed by atoms with Gasteiger partial charge in [-0.15, -0.1) is 0 Å². The average Bonchev–Trinajstić information content (AvgIpc) is 2.42. The zero-order chi connectivity index (χ0) is 11.6. The molecule has 0 aromatic carbocycles. The smallest absolute Gasteiger partial charge is 0.304 e. The number of hydrogen-bond acceptors (Lipinski definition) is 5. The van der Waals surface area contributed by atoms with E-state index in [1.54, 1.807) is 0 Å². The Kier molecular flexibility index (Phi) is 3.41. The summed E-state index contributed by atoms with van der Waals surface area (Å²) >= 11 is 5.14. The lowest BCUT2D eigenvalue weighted by atomic mass is 10.4. The number of halogens is 1. The van der Waals surface area contributed by atoms with E-state index in [1.165, 1.54) is 0 Å². The number of hydrogen-bond donors (Lipinski definition) is 0. The summed E-state index contributed by atoms with van der Waals surface area (Å²) in [6.07, 6.45) is -1.63. The topological polar surface area (TPSA) is 80.8 Å². The van der Waals surface area contributed by atoms with E-state index in [-0.39, 0.29) is 12.8 Å². The lowest BCUT2D eigenvalue weighted by Gasteiger charge is -2.21. The Labute approximate surface area is 90.1 Å². The van der Waals surface area contributed by atoms with Crippen LogP contribution in [0.15, 0.2) is 0 Å². The van der Waals surface area contributed by atoms with E-state index in [9.17, 15) is 19.2 Å². The Balaban J connectivity index is 2.88. The minimum absolute atomic E-state index is 0.000761. The third-order valence-corrected chi connectivity index (χ3v) is 1.98. The van der Waals surface area contributed by atoms with Gasteiger partial charge in [-0.05, 0) is 11.6 Å². The van der Waals surface area contributed by atoms with Gasteiger partial charge >= 0.3 is 5.97 Å². The fourth-order valence-electron chi connectivity index (χ4n) is 1.21. The molecule has 0 aliphatic carbocycles. The first-order valence-electron chi connectivity index (χ1n) is 4.15. The largest absolute Gasteiger partial charge is 0.432 e. The van der Waals surface area contributed by atoms with Gasteiger partial charge in [0.05, 0.1) is 0 Å². The van der Waals surface area contributed by atoms with Gasteiger partial charge in [-0.2, -0.15) is 0 Å². The average molecular weight is 234 g/mol. The van der Waals surface area contributed by atoms with Crippen LogP contribution in [0.5, 0.6) is 0 Å². The van der Waals surface area contributed by atoms with E-state index in [4.69, 9.17) is 11.6 Å². The van der Waals surface area contributed by atoms with Gasteiger partial charge in [0.1, 0.15) is 0 Å². The first kappa shape index (κ1) is 11.6. The molecule has 1 rings (SSSR count). The van der Waals surface area contributed by atoms with Crippen molar-refractivity contribution in [1.29, 1.82) is 0 Å². The Bertz CT molecular complexity index is 324. The Morgan fingerprint density at radius 1 is 1.33 bits per heavy atom. The van der Waals surface area contributed by atoms with Gasteiger partial charge in [0.2, 0.25) is 11.8 Å². The first-order valence-corrected chi connectivity index (χ1v) is 4.52. The van der Waals surface area contributed by atoms with E-state index < -0.39 is 29.3 Å². The number of imide groups is 1. The molecule has 7 heteroatoms. The maximum absolute atomic E-state index is 11.2. The van der Waals surface area contributed by atoms with Gasteiger partial charge in [-0.1, -0.05) is 0 Å². The van der Waals surface area contributed by atoms with E-state index in [0.29, 0.717) is 4.90 Å². The Morgan fingerprint density at radius 3 is 2.13 bits per heavy atom. The minimum Gasteiger partial charge on any atom is -0.432 e. The number of amides is 2. The second kappa shape index (κ2) is 4.39. The quantitative estimate of drug-likeness (QED) is 0.383. The van der Waals surface area contributed by atoms with Crippen LogP contribution in [0.3, 0.4) is 0 Å². The molecular formula is C8H8ClNO5. The zero-order valence-corrected chi connectivity index (χ0v) is 8.61. The van der Waals surface area contributed by atoms with Crippen molar-refractivity contribution in [2.45, 2.75) is 26.0 Å². The number of nitrogens with zero attached hydrogens (tertiary/aromatic N) is 1. The van der Waals surface area contributed by atoms with Gasteiger partial charge in [0.15, 0.2) is 0 Å². The zero-order valence-electron chi connectivity index (χ0n) is 7.86. The van der Waals surface area contributed by atoms with Crippen LogP contribution in [0.2, 0.25) is 0 Å². The number of carbonyl (C=O) groups excluding carboxylic acids is 4. The molecule has 0 bridgehead atoms. The van der Waals surface area contributed by atoms with Crippen LogP contribution in [-0.4, -0.2) is 34.2 Å². The van der Waals surface area contributed by atoms with Crippen molar-refractivity contribution in [3.63, 3.8) is 0 Å². The molecule has 1 aliphatic rings. The SMILES string of the molecule is CC(=O)OC(C(=O)Cl)N1C(=O)CCC1=O. The summed E-state index contributed by atoms with van der Waals surface area (Å²) in [4.78, 5) is 44.6. The second-order valence-corrected chi connectivity index (χ2v) is 3.30. The molecule has 1 aliphatic heterocycles. The van der Waals surface area contributed by atoms with E-state index >= 15 is 0 Å². The third-order valence-electron chi connectivity index (χ3n) is 1.80. The number of rotatable bonds is 3. The molecule has 1 fully saturated rings. The summed E-state index contributed by atoms with van der Waals surface area (Å²) in [6.45, 7) is 1.05. The van der Waals surface area contributed by atoms with Crippen molar-refractivity contribution in [2.75, 3.05) is 0 Å². The summed E-state index contributed by atoms with van der Waals surface area (Å²) in [5.74, 6) is -1.93. The van der Waals surface area contributed by atoms with Crippen LogP contribution in [0.4, 0.5) is 0 Å². The van der Waals surface area contributed by atoms with Crippen molar-refractivity contribution in [3.05, 3.63) is 0 Å². The summed E-state index contributed by atoms with van der Waals surface area (Å²) in [5, 5.41) is -1.08. The molecule has 15 heavy (non-hydrogen) atoms. The standard InChI is InChI=1S/C8H8ClNO5/c1-4(11)15-8(7(9)14)10-5(12)2-3-6(10)13/h8H,2-3H2,1H3. The van der Waals surface area contributed by atoms with Crippen molar-refractivity contribution < 1.29 is 23.9 Å². The monoisotopic (exact) mass is 233 g/mol. The van der Waals surface area contributed by atoms with Crippen LogP contribution in [0.1, 0.15) is 19.8 Å². The maximum Gasteiger partial charge on any atom is 0.304 e. The van der Waals surface area contributed by atoms with Crippen molar-refractivity contribution in [2.24, 2.45) is 0 Å². The Morgan fingerprint density at radius 2 is 1.80 bits per heavy atom. The number of carbonyl (C=O) groups is 4. The molecule has 1 atom stereocenters. The molecule has 1 saturated heterocycles. The van der Waals surface area contributed by atoms with Gasteiger partial charge in [0.25, 0.3) is 11.5 Å². The predicted molar refractivity (Wildman–Crippen MR) is 47.5 cm³/mol. The maximum atomic E-state index is 11.2. The van der Waals surface area contributed by atoms with Crippen LogP contribution in [0.25, 0.3) is 0 Å². The number of esters is 1. The minimum atomic E-state index is -1.63. The molecule has 6 nitrogen and oxygen atoms in total. The number of likely N-dealkylation sites (tertiary alicyclic amines) is 1. The second-order valence-electron chi connectivity index (χ2n) is 2.92. The molecule has 2 amide bonds. The first-order chi connectivity index (χ1) is 6.93. The molecule has 1 unspecified atom stereocenters. The van der Waals surface area contributed by atoms with Crippen molar-refractivity contribution in [3.8, 4) is 0 Å². The van der Waals surface area contributed by atoms with Crippen molar-refractivity contribution >= 4 is 34.6 Å². The fraction of sp³-hybridized carbons (Fsp3) is 0.500. The highest BCUT2D eigenvalue weighted by molar-refractivity contribution is 6.64. The highest BCUT2D eigenvalue weighted by atomic mass is 35.5. The molecule has 0 radical (unpaired) electrons. The van der Waals surface area contributed by atoms with Gasteiger partial charge in [-0.3, -0.25) is 19.2 Å². The molecule has 0 aromatic heterocycles. The van der Waals surface area contributed by atoms with Crippen LogP contribution in [-0.2, 0) is 23.9 Å². The van der Waals surface area contributed by atoms with E-state index in [1.807, 2.05) is 0 Å². The lowest BCUT2D eigenvalue weighted by molar-refractivity contribution is -0.168. The molecule has 0 spiro atoms. The third kappa shape index (κ3) is 2.53. The van der Waals surface area contributed by atoms with Crippen molar-refractivity contribution in [1.82, 2.24) is 4.90 Å². The predicted octanol–water partition coefficient (Wildman–Crippen LogP) is -0.210. The molecule has 0 N–H and O–H groups in total. The van der Waals surface area contributed by atoms with Crippen LogP contribution < -0.4 is 0 Å². The summed E-state index contributed by atoms with van der Waals surface area (Å²) in [5.41, 5.74) is 0. The highest BCUT2D eigenvalue weighted by Gasteiger charge is 2.40. The number of ether oxygens (including phenoxy) is 1. The Hall–Kier alpha value is -1.43. The van der Waals surface area contributed by atoms with E-state index in [0.717, 1.165) is 6.92 Å². The van der Waals surface area contributed by atoms with Gasteiger partial charge in [0, 0.05) is 19.8 Å². The lowest BCUT2D eigenvalue weighted by Crippen LogP contribution is -2.45. The summed E-state index contributed by atoms with van der Waals surface area (Å²) in [6, 6.07) is 0. The molecule has 1 heterocycles. The molecule has 0 saturated carbocycles. The van der Waals surface area contributed by atoms with Gasteiger partial charge in [-0.25, -0.2) is 4.90 Å². The molecular weight excluding hydrogens is 226 g/mol. The summed E-state index contributed by atoms with van der Waals surface area (Å²) in [7, 11) is 0. The van der Waals surface area contributed by atoms with Crippen LogP contribution in [0, 0.1) is 0 Å². The highest BCUT2D eigenvalue weighted by Crippen LogP contribution is 2.18. The van der Waals surface area contributed by atoms with Crippen LogP contribution >= 0.6 is 11.6 Å². The van der Waals surface area contributed by atoms with E-state index in [2.05, 4.69) is 4.74 Å². The summed E-state index contributed by atoms with van der Waals surface area (Å²) < 4.78 is 4.50. The normalized spacial score (nSPS) is 17.9.